The molecule has 0 aromatic carbocycles. The predicted molar refractivity (Wildman–Crippen MR) is 107 cm³/mol. The summed E-state index contributed by atoms with van der Waals surface area (Å²) in [5, 5.41) is 0. The van der Waals surface area contributed by atoms with Crippen molar-refractivity contribution >= 4 is 54.7 Å². The van der Waals surface area contributed by atoms with Crippen molar-refractivity contribution in [1.82, 2.24) is 19.6 Å². The van der Waals surface area contributed by atoms with E-state index in [0.717, 1.165) is 48.2 Å². The number of rotatable bonds is 0. The highest BCUT2D eigenvalue weighted by Gasteiger charge is 2.19. The van der Waals surface area contributed by atoms with E-state index in [1.54, 1.807) is 21.6 Å². The van der Waals surface area contributed by atoms with Gasteiger partial charge in [0.25, 0.3) is 0 Å². The predicted octanol–water partition coefficient (Wildman–Crippen LogP) is 2.91. The van der Waals surface area contributed by atoms with Crippen LogP contribution < -0.4 is 0 Å². The Balaban J connectivity index is 1.78. The normalized spacial score (nSPS) is 22.3. The standard InChI is InChI=1S/C14H26N4S4/c1-15-7-3-5-9-17(11-15)13(19)21-22-14(20)18-10-6-4-8-16(2)12-18/h3-12H2,1-2H3. The van der Waals surface area contributed by atoms with Crippen molar-refractivity contribution in [3.05, 3.63) is 0 Å². The molecule has 22 heavy (non-hydrogen) atoms. The van der Waals surface area contributed by atoms with Crippen molar-refractivity contribution in [1.29, 1.82) is 0 Å². The summed E-state index contributed by atoms with van der Waals surface area (Å²) in [6, 6.07) is 0. The first-order valence-corrected chi connectivity index (χ1v) is 10.8. The number of nitrogens with zero attached hydrogens (tertiary/aromatic N) is 4. The van der Waals surface area contributed by atoms with Gasteiger partial charge in [0.05, 0.1) is 13.3 Å². The molecule has 0 atom stereocenters. The van der Waals surface area contributed by atoms with E-state index in [0.29, 0.717) is 0 Å². The molecular formula is C14H26N4S4. The molecule has 0 spiro atoms. The zero-order chi connectivity index (χ0) is 15.9. The average Bonchev–Trinajstić information content (AvgIpc) is 2.84. The van der Waals surface area contributed by atoms with Gasteiger partial charge in [-0.2, -0.15) is 0 Å². The van der Waals surface area contributed by atoms with Gasteiger partial charge in [0, 0.05) is 13.1 Å². The molecule has 0 aromatic heterocycles. The molecule has 0 amide bonds. The molecule has 8 heteroatoms. The van der Waals surface area contributed by atoms with Crippen LogP contribution in [0.3, 0.4) is 0 Å². The fraction of sp³-hybridized carbons (Fsp3) is 0.857. The van der Waals surface area contributed by atoms with Gasteiger partial charge in [0.2, 0.25) is 0 Å². The van der Waals surface area contributed by atoms with Crippen molar-refractivity contribution in [3.63, 3.8) is 0 Å². The molecule has 0 unspecified atom stereocenters. The van der Waals surface area contributed by atoms with Crippen LogP contribution >= 0.6 is 46.0 Å². The molecule has 126 valence electrons. The Bertz CT molecular complexity index is 357. The van der Waals surface area contributed by atoms with Crippen LogP contribution in [0.2, 0.25) is 0 Å². The molecule has 2 rings (SSSR count). The van der Waals surface area contributed by atoms with Gasteiger partial charge in [0.1, 0.15) is 8.64 Å². The van der Waals surface area contributed by atoms with E-state index in [2.05, 4.69) is 33.7 Å². The highest BCUT2D eigenvalue weighted by molar-refractivity contribution is 8.89. The van der Waals surface area contributed by atoms with Crippen LogP contribution in [0.25, 0.3) is 0 Å². The molecule has 0 bridgehead atoms. The van der Waals surface area contributed by atoms with E-state index in [1.165, 1.54) is 25.7 Å². The summed E-state index contributed by atoms with van der Waals surface area (Å²) in [6.07, 6.45) is 4.95. The Labute approximate surface area is 153 Å². The average molecular weight is 379 g/mol. The molecule has 4 nitrogen and oxygen atoms in total. The van der Waals surface area contributed by atoms with Crippen LogP contribution in [0.5, 0.6) is 0 Å². The second-order valence-corrected chi connectivity index (χ2v) is 9.48. The van der Waals surface area contributed by atoms with Gasteiger partial charge >= 0.3 is 0 Å². The molecule has 0 radical (unpaired) electrons. The second-order valence-electron chi connectivity index (χ2n) is 6.08. The van der Waals surface area contributed by atoms with Gasteiger partial charge in [-0.05, 0) is 74.5 Å². The first-order chi connectivity index (χ1) is 10.6. The van der Waals surface area contributed by atoms with Crippen molar-refractivity contribution in [3.8, 4) is 0 Å². The summed E-state index contributed by atoms with van der Waals surface area (Å²) in [6.45, 7) is 6.33. The van der Waals surface area contributed by atoms with Gasteiger partial charge in [-0.15, -0.1) is 0 Å². The molecule has 0 saturated carbocycles. The zero-order valence-electron chi connectivity index (χ0n) is 13.5. The summed E-state index contributed by atoms with van der Waals surface area (Å²) in [4.78, 5) is 9.29. The first kappa shape index (κ1) is 18.7. The number of hydrogen-bond donors (Lipinski definition) is 0. The Morgan fingerprint density at radius 2 is 1.05 bits per heavy atom. The Morgan fingerprint density at radius 1 is 0.682 bits per heavy atom. The fourth-order valence-electron chi connectivity index (χ4n) is 2.71. The maximum absolute atomic E-state index is 5.61. The zero-order valence-corrected chi connectivity index (χ0v) is 16.8. The molecule has 2 fully saturated rings. The van der Waals surface area contributed by atoms with Crippen LogP contribution in [0.15, 0.2) is 0 Å². The lowest BCUT2D eigenvalue weighted by Crippen LogP contribution is -2.37. The van der Waals surface area contributed by atoms with Crippen LogP contribution in [0.1, 0.15) is 25.7 Å². The molecule has 0 aromatic rings. The van der Waals surface area contributed by atoms with Gasteiger partial charge < -0.3 is 9.80 Å². The molecule has 0 N–H and O–H groups in total. The van der Waals surface area contributed by atoms with E-state index >= 15 is 0 Å². The Morgan fingerprint density at radius 3 is 1.45 bits per heavy atom. The minimum atomic E-state index is 0.936. The second kappa shape index (κ2) is 9.64. The van der Waals surface area contributed by atoms with E-state index in [-0.39, 0.29) is 0 Å². The van der Waals surface area contributed by atoms with Gasteiger partial charge in [-0.1, -0.05) is 24.4 Å². The molecule has 2 aliphatic rings. The summed E-state index contributed by atoms with van der Waals surface area (Å²) in [5.74, 6) is 0. The van der Waals surface area contributed by atoms with Crippen molar-refractivity contribution < 1.29 is 0 Å². The molecule has 2 heterocycles. The number of thiocarbonyl (C=S) groups is 2. The molecule has 0 aliphatic carbocycles. The molecule has 2 aliphatic heterocycles. The summed E-state index contributed by atoms with van der Waals surface area (Å²) in [7, 11) is 7.63. The topological polar surface area (TPSA) is 13.0 Å². The van der Waals surface area contributed by atoms with Gasteiger partial charge in [0.15, 0.2) is 0 Å². The van der Waals surface area contributed by atoms with Crippen molar-refractivity contribution in [2.24, 2.45) is 0 Å². The van der Waals surface area contributed by atoms with Crippen LogP contribution in [-0.4, -0.2) is 81.9 Å². The van der Waals surface area contributed by atoms with E-state index in [4.69, 9.17) is 24.4 Å². The van der Waals surface area contributed by atoms with Gasteiger partial charge in [-0.3, -0.25) is 9.80 Å². The summed E-state index contributed by atoms with van der Waals surface area (Å²) < 4.78 is 1.92. The highest BCUT2D eigenvalue weighted by Crippen LogP contribution is 2.29. The van der Waals surface area contributed by atoms with Crippen molar-refractivity contribution in [2.45, 2.75) is 25.7 Å². The third-order valence-electron chi connectivity index (χ3n) is 3.96. The number of hydrogen-bond acceptors (Lipinski definition) is 6. The fourth-order valence-corrected chi connectivity index (χ4v) is 5.33. The lowest BCUT2D eigenvalue weighted by atomic mass is 10.3. The quantitative estimate of drug-likeness (QED) is 0.465. The molecule has 2 saturated heterocycles. The lowest BCUT2D eigenvalue weighted by Gasteiger charge is -2.28. The third-order valence-corrected chi connectivity index (χ3v) is 7.69. The minimum absolute atomic E-state index is 0.936. The van der Waals surface area contributed by atoms with Crippen molar-refractivity contribution in [2.75, 3.05) is 53.6 Å². The summed E-state index contributed by atoms with van der Waals surface area (Å²) in [5.41, 5.74) is 0. The Hall–Kier alpha value is 0.400. The minimum Gasteiger partial charge on any atom is -0.344 e. The van der Waals surface area contributed by atoms with E-state index in [1.807, 2.05) is 0 Å². The third kappa shape index (κ3) is 6.13. The Kier molecular flexibility index (Phi) is 8.21. The molecular weight excluding hydrogens is 352 g/mol. The van der Waals surface area contributed by atoms with Gasteiger partial charge in [-0.25, -0.2) is 0 Å². The maximum Gasteiger partial charge on any atom is 0.148 e. The van der Waals surface area contributed by atoms with E-state index in [9.17, 15) is 0 Å². The summed E-state index contributed by atoms with van der Waals surface area (Å²) >= 11 is 11.2. The first-order valence-electron chi connectivity index (χ1n) is 7.85. The lowest BCUT2D eigenvalue weighted by molar-refractivity contribution is 0.259. The maximum atomic E-state index is 5.61. The highest BCUT2D eigenvalue weighted by atomic mass is 33.1. The van der Waals surface area contributed by atoms with Crippen LogP contribution in [0.4, 0.5) is 0 Å². The largest absolute Gasteiger partial charge is 0.344 e. The van der Waals surface area contributed by atoms with E-state index < -0.39 is 0 Å². The monoisotopic (exact) mass is 378 g/mol. The SMILES string of the molecule is CN1CCCCN(C(=S)SSC(=S)N2CCCCN(C)C2)C1. The van der Waals surface area contributed by atoms with Crippen LogP contribution in [0, 0.1) is 0 Å². The smallest absolute Gasteiger partial charge is 0.148 e. The van der Waals surface area contributed by atoms with Crippen LogP contribution in [-0.2, 0) is 0 Å².